The van der Waals surface area contributed by atoms with Gasteiger partial charge in [-0.15, -0.1) is 0 Å². The fourth-order valence-electron chi connectivity index (χ4n) is 5.63. The number of nitrogens with two attached hydrogens (primary N) is 1. The second-order valence-electron chi connectivity index (χ2n) is 10.7. The molecule has 0 saturated carbocycles. The molecule has 1 aromatic heterocycles. The molecule has 0 unspecified atom stereocenters. The summed E-state index contributed by atoms with van der Waals surface area (Å²) < 4.78 is 4.97. The Morgan fingerprint density at radius 1 is 0.795 bits per heavy atom. The minimum atomic E-state index is -1.05. The number of fused-ring (bicyclic) bond motifs is 1. The van der Waals surface area contributed by atoms with Gasteiger partial charge in [-0.25, -0.2) is 4.79 Å². The lowest BCUT2D eigenvalue weighted by molar-refractivity contribution is -0.145. The summed E-state index contributed by atoms with van der Waals surface area (Å²) in [7, 11) is 1.25. The molecule has 1 heterocycles. The lowest BCUT2D eigenvalue weighted by atomic mass is 9.77. The Morgan fingerprint density at radius 3 is 1.86 bits per heavy atom. The number of hydrogen-bond acceptors (Lipinski definition) is 5. The van der Waals surface area contributed by atoms with Crippen LogP contribution in [0.1, 0.15) is 35.1 Å². The van der Waals surface area contributed by atoms with Gasteiger partial charge in [0, 0.05) is 23.5 Å². The molecule has 5 N–H and O–H groups in total. The summed E-state index contributed by atoms with van der Waals surface area (Å²) in [6.45, 7) is 0. The van der Waals surface area contributed by atoms with Crippen molar-refractivity contribution in [2.24, 2.45) is 5.73 Å². The normalized spacial score (nSPS) is 12.7. The first-order chi connectivity index (χ1) is 21.4. The molecule has 5 aromatic rings. The Kier molecular flexibility index (Phi) is 9.52. The van der Waals surface area contributed by atoms with Crippen molar-refractivity contribution in [3.8, 4) is 0 Å². The molecule has 8 nitrogen and oxygen atoms in total. The van der Waals surface area contributed by atoms with Crippen LogP contribution >= 0.6 is 0 Å². The highest BCUT2D eigenvalue weighted by atomic mass is 16.5. The SMILES string of the molecule is COC(=O)[C@H](CCC(=O)NC(c1ccccc1)(c1ccccc1)c1ccccc1)NC(=O)[C@@H](N)Cc1c[nH]c2ccccc12. The molecule has 0 aliphatic heterocycles. The summed E-state index contributed by atoms with van der Waals surface area (Å²) in [5.74, 6) is -1.45. The van der Waals surface area contributed by atoms with E-state index in [1.807, 2.05) is 121 Å². The number of rotatable bonds is 12. The van der Waals surface area contributed by atoms with Crippen molar-refractivity contribution in [2.75, 3.05) is 7.11 Å². The van der Waals surface area contributed by atoms with Crippen LogP contribution in [0, 0.1) is 0 Å². The predicted octanol–water partition coefficient (Wildman–Crippen LogP) is 4.58. The minimum Gasteiger partial charge on any atom is -0.467 e. The van der Waals surface area contributed by atoms with Crippen LogP contribution in [0.5, 0.6) is 0 Å². The van der Waals surface area contributed by atoms with Crippen LogP contribution in [0.3, 0.4) is 0 Å². The minimum absolute atomic E-state index is 0.0263. The zero-order chi connectivity index (χ0) is 30.9. The standard InChI is InChI=1S/C36H36N4O4/c1-44-35(43)32(39-34(42)30(37)23-25-24-38-31-20-12-11-19-29(25)31)21-22-33(41)40-36(26-13-5-2-6-14-26,27-15-7-3-8-16-27)28-17-9-4-10-18-28/h2-20,24,30,32,38H,21-23,37H2,1H3,(H,39,42)(H,40,41)/t30-,32-/m0/s1. The number of hydrogen-bond donors (Lipinski definition) is 4. The Morgan fingerprint density at radius 2 is 1.32 bits per heavy atom. The maximum Gasteiger partial charge on any atom is 0.328 e. The first kappa shape index (κ1) is 30.3. The van der Waals surface area contributed by atoms with E-state index in [-0.39, 0.29) is 25.2 Å². The first-order valence-electron chi connectivity index (χ1n) is 14.6. The van der Waals surface area contributed by atoms with Gasteiger partial charge in [0.15, 0.2) is 0 Å². The van der Waals surface area contributed by atoms with E-state index in [4.69, 9.17) is 10.5 Å². The molecular formula is C36H36N4O4. The van der Waals surface area contributed by atoms with Gasteiger partial charge in [0.25, 0.3) is 0 Å². The van der Waals surface area contributed by atoms with Crippen LogP contribution in [0.25, 0.3) is 10.9 Å². The number of amides is 2. The molecule has 5 rings (SSSR count). The van der Waals surface area contributed by atoms with Crippen LogP contribution in [0.2, 0.25) is 0 Å². The van der Waals surface area contributed by atoms with Crippen LogP contribution in [-0.4, -0.2) is 42.0 Å². The Balaban J connectivity index is 1.34. The molecule has 0 aliphatic rings. The van der Waals surface area contributed by atoms with E-state index in [9.17, 15) is 14.4 Å². The average molecular weight is 589 g/mol. The van der Waals surface area contributed by atoms with E-state index in [1.54, 1.807) is 0 Å². The van der Waals surface area contributed by atoms with E-state index in [2.05, 4.69) is 15.6 Å². The Hall–Kier alpha value is -5.21. The highest BCUT2D eigenvalue weighted by molar-refractivity contribution is 5.89. The van der Waals surface area contributed by atoms with Gasteiger partial charge in [0.2, 0.25) is 11.8 Å². The predicted molar refractivity (Wildman–Crippen MR) is 171 cm³/mol. The molecule has 0 fully saturated rings. The number of nitrogens with one attached hydrogen (secondary N) is 3. The zero-order valence-electron chi connectivity index (χ0n) is 24.5. The molecule has 2 atom stereocenters. The van der Waals surface area contributed by atoms with Gasteiger partial charge >= 0.3 is 5.97 Å². The summed E-state index contributed by atoms with van der Waals surface area (Å²) in [6, 6.07) is 35.1. The molecule has 224 valence electrons. The third-order valence-corrected chi connectivity index (χ3v) is 7.86. The molecule has 8 heteroatoms. The second-order valence-corrected chi connectivity index (χ2v) is 10.7. The Bertz CT molecular complexity index is 1610. The zero-order valence-corrected chi connectivity index (χ0v) is 24.5. The van der Waals surface area contributed by atoms with E-state index < -0.39 is 29.5 Å². The van der Waals surface area contributed by atoms with Crippen LogP contribution in [0.15, 0.2) is 121 Å². The van der Waals surface area contributed by atoms with Gasteiger partial charge in [0.05, 0.1) is 13.2 Å². The number of benzene rings is 4. The maximum atomic E-state index is 13.7. The third kappa shape index (κ3) is 6.55. The fourth-order valence-corrected chi connectivity index (χ4v) is 5.63. The number of methoxy groups -OCH3 is 1. The molecule has 2 amide bonds. The van der Waals surface area contributed by atoms with Gasteiger partial charge in [-0.1, -0.05) is 109 Å². The quantitative estimate of drug-likeness (QED) is 0.125. The molecule has 44 heavy (non-hydrogen) atoms. The van der Waals surface area contributed by atoms with Crippen LogP contribution in [0.4, 0.5) is 0 Å². The number of carbonyl (C=O) groups excluding carboxylic acids is 3. The van der Waals surface area contributed by atoms with Gasteiger partial charge in [-0.2, -0.15) is 0 Å². The third-order valence-electron chi connectivity index (χ3n) is 7.86. The van der Waals surface area contributed by atoms with Crippen molar-refractivity contribution in [1.29, 1.82) is 0 Å². The molecule has 0 saturated heterocycles. The number of carbonyl (C=O) groups is 3. The van der Waals surface area contributed by atoms with Crippen molar-refractivity contribution >= 4 is 28.7 Å². The highest BCUT2D eigenvalue weighted by Gasteiger charge is 2.38. The van der Waals surface area contributed by atoms with Gasteiger partial charge in [-0.3, -0.25) is 9.59 Å². The smallest absolute Gasteiger partial charge is 0.328 e. The Labute approximate surface area is 256 Å². The number of esters is 1. The van der Waals surface area contributed by atoms with Crippen molar-refractivity contribution < 1.29 is 19.1 Å². The highest BCUT2D eigenvalue weighted by Crippen LogP contribution is 2.37. The lowest BCUT2D eigenvalue weighted by Gasteiger charge is -2.37. The molecule has 0 aliphatic carbocycles. The number of para-hydroxylation sites is 1. The summed E-state index contributed by atoms with van der Waals surface area (Å²) >= 11 is 0. The molecular weight excluding hydrogens is 552 g/mol. The average Bonchev–Trinajstić information content (AvgIpc) is 3.48. The number of aromatic amines is 1. The lowest BCUT2D eigenvalue weighted by Crippen LogP contribution is -2.51. The first-order valence-corrected chi connectivity index (χ1v) is 14.6. The van der Waals surface area contributed by atoms with Crippen LogP contribution < -0.4 is 16.4 Å². The van der Waals surface area contributed by atoms with Crippen molar-refractivity contribution in [1.82, 2.24) is 15.6 Å². The maximum absolute atomic E-state index is 13.7. The number of aromatic nitrogens is 1. The molecule has 4 aromatic carbocycles. The van der Waals surface area contributed by atoms with Gasteiger partial charge in [-0.05, 0) is 41.2 Å². The van der Waals surface area contributed by atoms with Crippen molar-refractivity contribution in [3.05, 3.63) is 144 Å². The topological polar surface area (TPSA) is 126 Å². The summed E-state index contributed by atoms with van der Waals surface area (Å²) in [6.07, 6.45) is 2.08. The van der Waals surface area contributed by atoms with E-state index in [1.165, 1.54) is 7.11 Å². The summed E-state index contributed by atoms with van der Waals surface area (Å²) in [5, 5.41) is 6.98. The molecule has 0 bridgehead atoms. The number of ether oxygens (including phenoxy) is 1. The van der Waals surface area contributed by atoms with E-state index in [0.717, 1.165) is 33.2 Å². The molecule has 0 radical (unpaired) electrons. The van der Waals surface area contributed by atoms with Crippen molar-refractivity contribution in [2.45, 2.75) is 36.9 Å². The van der Waals surface area contributed by atoms with Gasteiger partial charge < -0.3 is 26.1 Å². The van der Waals surface area contributed by atoms with Crippen molar-refractivity contribution in [3.63, 3.8) is 0 Å². The molecule has 0 spiro atoms. The number of H-pyrrole nitrogens is 1. The summed E-state index contributed by atoms with van der Waals surface area (Å²) in [4.78, 5) is 42.7. The van der Waals surface area contributed by atoms with Gasteiger partial charge in [0.1, 0.15) is 11.6 Å². The largest absolute Gasteiger partial charge is 0.467 e. The second kappa shape index (κ2) is 13.8. The van der Waals surface area contributed by atoms with Crippen LogP contribution in [-0.2, 0) is 31.1 Å². The summed E-state index contributed by atoms with van der Waals surface area (Å²) in [5.41, 5.74) is 9.76. The van der Waals surface area contributed by atoms with E-state index >= 15 is 0 Å². The fraction of sp³-hybridized carbons (Fsp3) is 0.194. The van der Waals surface area contributed by atoms with E-state index in [0.29, 0.717) is 0 Å². The monoisotopic (exact) mass is 588 g/mol.